The molecule has 2 aromatic carbocycles. The fourth-order valence-electron chi connectivity index (χ4n) is 2.33. The van der Waals surface area contributed by atoms with Crippen LogP contribution in [0.15, 0.2) is 60.7 Å². The van der Waals surface area contributed by atoms with Crippen molar-refractivity contribution < 1.29 is 14.3 Å². The highest BCUT2D eigenvalue weighted by Crippen LogP contribution is 2.30. The Morgan fingerprint density at radius 1 is 1.00 bits per heavy atom. The fourth-order valence-corrected chi connectivity index (χ4v) is 2.33. The molecule has 1 unspecified atom stereocenters. The number of benzene rings is 2. The number of ether oxygens (including phenoxy) is 2. The van der Waals surface area contributed by atoms with Crippen molar-refractivity contribution in [1.82, 2.24) is 0 Å². The van der Waals surface area contributed by atoms with Crippen molar-refractivity contribution >= 4 is 5.78 Å². The highest BCUT2D eigenvalue weighted by atomic mass is 16.5. The third kappa shape index (κ3) is 3.20. The molecule has 2 aromatic rings. The number of hydrogen-bond acceptors (Lipinski definition) is 3. The maximum absolute atomic E-state index is 13.0. The van der Waals surface area contributed by atoms with Gasteiger partial charge in [-0.05, 0) is 12.5 Å². The molecular formula is C18H20O3. The molecule has 0 N–H and O–H groups in total. The van der Waals surface area contributed by atoms with Gasteiger partial charge in [-0.3, -0.25) is 4.79 Å². The van der Waals surface area contributed by atoms with Gasteiger partial charge in [-0.15, -0.1) is 0 Å². The van der Waals surface area contributed by atoms with E-state index in [1.54, 1.807) is 19.2 Å². The number of rotatable bonds is 7. The summed E-state index contributed by atoms with van der Waals surface area (Å²) in [6.45, 7) is 2.62. The summed E-state index contributed by atoms with van der Waals surface area (Å²) < 4.78 is 11.2. The van der Waals surface area contributed by atoms with Gasteiger partial charge in [0.1, 0.15) is 0 Å². The second-order valence-corrected chi connectivity index (χ2v) is 4.73. The van der Waals surface area contributed by atoms with Gasteiger partial charge >= 0.3 is 0 Å². The molecule has 3 heteroatoms. The van der Waals surface area contributed by atoms with Crippen molar-refractivity contribution in [3.63, 3.8) is 0 Å². The van der Waals surface area contributed by atoms with Crippen LogP contribution in [0.3, 0.4) is 0 Å². The fraction of sp³-hybridized carbons (Fsp3) is 0.278. The molecule has 0 spiro atoms. The van der Waals surface area contributed by atoms with E-state index in [2.05, 4.69) is 0 Å². The Kier molecular flexibility index (Phi) is 5.26. The van der Waals surface area contributed by atoms with Gasteiger partial charge in [-0.2, -0.15) is 0 Å². The van der Waals surface area contributed by atoms with Crippen LogP contribution >= 0.6 is 0 Å². The van der Waals surface area contributed by atoms with Gasteiger partial charge in [0.25, 0.3) is 0 Å². The van der Waals surface area contributed by atoms with Crippen LogP contribution in [0.25, 0.3) is 0 Å². The monoisotopic (exact) mass is 284 g/mol. The molecule has 0 heterocycles. The van der Waals surface area contributed by atoms with E-state index in [9.17, 15) is 4.79 Å². The van der Waals surface area contributed by atoms with Crippen LogP contribution in [0.2, 0.25) is 0 Å². The maximum Gasteiger partial charge on any atom is 0.201 e. The van der Waals surface area contributed by atoms with Gasteiger partial charge < -0.3 is 9.47 Å². The van der Waals surface area contributed by atoms with E-state index in [4.69, 9.17) is 9.47 Å². The van der Waals surface area contributed by atoms with E-state index in [-0.39, 0.29) is 12.4 Å². The standard InChI is InChI=1S/C18H20O3/c1-3-21-14-18(20-2,16-12-8-5-9-13-16)17(19)15-10-6-4-7-11-15/h4-13H,3,14H2,1-2H3. The quantitative estimate of drug-likeness (QED) is 0.731. The average molecular weight is 284 g/mol. The zero-order valence-electron chi connectivity index (χ0n) is 12.4. The number of hydrogen-bond donors (Lipinski definition) is 0. The van der Waals surface area contributed by atoms with E-state index < -0.39 is 5.60 Å². The van der Waals surface area contributed by atoms with Gasteiger partial charge in [0.2, 0.25) is 5.78 Å². The average Bonchev–Trinajstić information content (AvgIpc) is 2.57. The molecule has 2 rings (SSSR count). The van der Waals surface area contributed by atoms with Crippen LogP contribution in [0.5, 0.6) is 0 Å². The Hall–Kier alpha value is -1.97. The highest BCUT2D eigenvalue weighted by Gasteiger charge is 2.41. The van der Waals surface area contributed by atoms with E-state index in [1.807, 2.05) is 55.5 Å². The first-order chi connectivity index (χ1) is 10.2. The normalized spacial score (nSPS) is 13.6. The minimum atomic E-state index is -1.11. The van der Waals surface area contributed by atoms with Gasteiger partial charge in [0.05, 0.1) is 6.61 Å². The van der Waals surface area contributed by atoms with Crippen molar-refractivity contribution in [2.75, 3.05) is 20.3 Å². The molecule has 0 aromatic heterocycles. The summed E-state index contributed by atoms with van der Waals surface area (Å²) in [5.74, 6) is -0.0924. The summed E-state index contributed by atoms with van der Waals surface area (Å²) in [6.07, 6.45) is 0. The largest absolute Gasteiger partial charge is 0.378 e. The Labute approximate surface area is 125 Å². The maximum atomic E-state index is 13.0. The molecule has 110 valence electrons. The summed E-state index contributed by atoms with van der Waals surface area (Å²) in [5, 5.41) is 0. The van der Waals surface area contributed by atoms with Crippen LogP contribution in [-0.4, -0.2) is 26.1 Å². The molecular weight excluding hydrogens is 264 g/mol. The molecule has 0 saturated heterocycles. The van der Waals surface area contributed by atoms with Crippen LogP contribution in [0, 0.1) is 0 Å². The lowest BCUT2D eigenvalue weighted by molar-refractivity contribution is -0.0546. The third-order valence-corrected chi connectivity index (χ3v) is 3.50. The first kappa shape index (κ1) is 15.4. The van der Waals surface area contributed by atoms with Gasteiger partial charge in [-0.1, -0.05) is 60.7 Å². The van der Waals surface area contributed by atoms with Crippen molar-refractivity contribution in [1.29, 1.82) is 0 Å². The van der Waals surface area contributed by atoms with Crippen LogP contribution in [-0.2, 0) is 15.1 Å². The van der Waals surface area contributed by atoms with Crippen molar-refractivity contribution in [2.45, 2.75) is 12.5 Å². The lowest BCUT2D eigenvalue weighted by atomic mass is 9.86. The van der Waals surface area contributed by atoms with E-state index in [0.29, 0.717) is 12.2 Å². The number of Topliss-reactive ketones (excluding diaryl/α,β-unsaturated/α-hetero) is 1. The molecule has 0 saturated carbocycles. The van der Waals surface area contributed by atoms with E-state index in [1.165, 1.54) is 0 Å². The topological polar surface area (TPSA) is 35.5 Å². The molecule has 0 amide bonds. The van der Waals surface area contributed by atoms with E-state index in [0.717, 1.165) is 5.56 Å². The van der Waals surface area contributed by atoms with Crippen LogP contribution in [0.4, 0.5) is 0 Å². The minimum absolute atomic E-state index is 0.0924. The molecule has 0 aliphatic carbocycles. The molecule has 0 fully saturated rings. The smallest absolute Gasteiger partial charge is 0.201 e. The molecule has 3 nitrogen and oxygen atoms in total. The number of methoxy groups -OCH3 is 1. The molecule has 0 aliphatic heterocycles. The summed E-state index contributed by atoms with van der Waals surface area (Å²) in [5.41, 5.74) is 0.302. The summed E-state index contributed by atoms with van der Waals surface area (Å²) in [7, 11) is 1.55. The second kappa shape index (κ2) is 7.16. The Morgan fingerprint density at radius 3 is 2.10 bits per heavy atom. The Balaban J connectivity index is 2.47. The Bertz CT molecular complexity index is 566. The van der Waals surface area contributed by atoms with Crippen molar-refractivity contribution in [3.8, 4) is 0 Å². The molecule has 0 bridgehead atoms. The zero-order valence-corrected chi connectivity index (χ0v) is 12.4. The van der Waals surface area contributed by atoms with E-state index >= 15 is 0 Å². The lowest BCUT2D eigenvalue weighted by Gasteiger charge is -2.31. The van der Waals surface area contributed by atoms with Crippen molar-refractivity contribution in [2.24, 2.45) is 0 Å². The number of ketones is 1. The Morgan fingerprint density at radius 2 is 1.57 bits per heavy atom. The summed E-state index contributed by atoms with van der Waals surface area (Å²) in [4.78, 5) is 13.0. The van der Waals surface area contributed by atoms with Crippen LogP contribution < -0.4 is 0 Å². The van der Waals surface area contributed by atoms with Crippen molar-refractivity contribution in [3.05, 3.63) is 71.8 Å². The lowest BCUT2D eigenvalue weighted by Crippen LogP contribution is -2.42. The second-order valence-electron chi connectivity index (χ2n) is 4.73. The first-order valence-corrected chi connectivity index (χ1v) is 7.03. The summed E-state index contributed by atoms with van der Waals surface area (Å²) >= 11 is 0. The zero-order chi connectivity index (χ0) is 15.1. The first-order valence-electron chi connectivity index (χ1n) is 7.03. The van der Waals surface area contributed by atoms with Gasteiger partial charge in [-0.25, -0.2) is 0 Å². The van der Waals surface area contributed by atoms with Gasteiger partial charge in [0, 0.05) is 19.3 Å². The molecule has 0 aliphatic rings. The summed E-state index contributed by atoms with van der Waals surface area (Å²) in [6, 6.07) is 18.7. The predicted molar refractivity (Wildman–Crippen MR) is 82.4 cm³/mol. The number of carbonyl (C=O) groups is 1. The third-order valence-electron chi connectivity index (χ3n) is 3.50. The van der Waals surface area contributed by atoms with Gasteiger partial charge in [0.15, 0.2) is 5.60 Å². The predicted octanol–water partition coefficient (Wildman–Crippen LogP) is 3.45. The molecule has 1 atom stereocenters. The minimum Gasteiger partial charge on any atom is -0.378 e. The number of carbonyl (C=O) groups excluding carboxylic acids is 1. The molecule has 21 heavy (non-hydrogen) atoms. The molecule has 0 radical (unpaired) electrons. The highest BCUT2D eigenvalue weighted by molar-refractivity contribution is 6.03. The SMILES string of the molecule is CCOCC(OC)(C(=O)c1ccccc1)c1ccccc1. The van der Waals surface area contributed by atoms with Crippen LogP contribution in [0.1, 0.15) is 22.8 Å².